The van der Waals surface area contributed by atoms with E-state index in [9.17, 15) is 0 Å². The van der Waals surface area contributed by atoms with Crippen LogP contribution in [0.25, 0.3) is 0 Å². The summed E-state index contributed by atoms with van der Waals surface area (Å²) in [7, 11) is 1.71. The van der Waals surface area contributed by atoms with Crippen molar-refractivity contribution in [2.45, 2.75) is 38.0 Å². The fraction of sp³-hybridized carbons (Fsp3) is 0.619. The maximum absolute atomic E-state index is 6.49. The van der Waals surface area contributed by atoms with Crippen molar-refractivity contribution in [3.8, 4) is 5.75 Å². The molecule has 0 N–H and O–H groups in total. The molecule has 2 aliphatic rings. The van der Waals surface area contributed by atoms with Gasteiger partial charge in [0.05, 0.1) is 7.11 Å². The monoisotopic (exact) mass is 362 g/mol. The predicted molar refractivity (Wildman–Crippen MR) is 107 cm³/mol. The normalized spacial score (nSPS) is 22.6. The first-order valence-corrected chi connectivity index (χ1v) is 9.81. The van der Waals surface area contributed by atoms with E-state index < -0.39 is 0 Å². The minimum absolute atomic E-state index is 0.0774. The highest BCUT2D eigenvalue weighted by molar-refractivity contribution is 6.23. The van der Waals surface area contributed by atoms with Crippen LogP contribution in [0.4, 0.5) is 5.69 Å². The number of rotatable bonds is 5. The van der Waals surface area contributed by atoms with Crippen molar-refractivity contribution in [1.82, 2.24) is 4.90 Å². The number of benzene rings is 1. The Kier molecular flexibility index (Phi) is 5.96. The molecule has 1 atom stereocenters. The molecule has 1 heterocycles. The third-order valence-electron chi connectivity index (χ3n) is 5.71. The molecule has 0 radical (unpaired) electrons. The number of anilines is 1. The fourth-order valence-electron chi connectivity index (χ4n) is 3.90. The largest absolute Gasteiger partial charge is 0.497 e. The molecule has 0 bridgehead atoms. The zero-order valence-corrected chi connectivity index (χ0v) is 16.6. The number of ether oxygens (including phenoxy) is 1. The van der Waals surface area contributed by atoms with Crippen molar-refractivity contribution in [2.75, 3.05) is 44.7 Å². The summed E-state index contributed by atoms with van der Waals surface area (Å²) in [6, 6.07) is 8.41. The molecule has 138 valence electrons. The summed E-state index contributed by atoms with van der Waals surface area (Å²) < 4.78 is 5.25. The summed E-state index contributed by atoms with van der Waals surface area (Å²) >= 11 is 6.49. The lowest BCUT2D eigenvalue weighted by atomic mass is 9.81. The van der Waals surface area contributed by atoms with Crippen LogP contribution in [0.2, 0.25) is 0 Å². The summed E-state index contributed by atoms with van der Waals surface area (Å²) in [6.45, 7) is 9.88. The van der Waals surface area contributed by atoms with E-state index in [0.29, 0.717) is 5.92 Å². The molecule has 3 rings (SSSR count). The van der Waals surface area contributed by atoms with Crippen LogP contribution < -0.4 is 9.64 Å². The third-order valence-corrected chi connectivity index (χ3v) is 6.02. The Labute approximate surface area is 157 Å². The number of allylic oxidation sites excluding steroid dienone is 1. The van der Waals surface area contributed by atoms with Gasteiger partial charge in [-0.05, 0) is 63.3 Å². The van der Waals surface area contributed by atoms with Gasteiger partial charge in [0.2, 0.25) is 0 Å². The van der Waals surface area contributed by atoms with Crippen molar-refractivity contribution in [3.05, 3.63) is 35.9 Å². The zero-order valence-electron chi connectivity index (χ0n) is 15.8. The Morgan fingerprint density at radius 1 is 1.12 bits per heavy atom. The maximum Gasteiger partial charge on any atom is 0.119 e. The quantitative estimate of drug-likeness (QED) is 0.564. The van der Waals surface area contributed by atoms with Crippen molar-refractivity contribution in [1.29, 1.82) is 0 Å². The highest BCUT2D eigenvalue weighted by Crippen LogP contribution is 2.36. The number of hydrogen-bond acceptors (Lipinski definition) is 3. The molecule has 1 fully saturated rings. The predicted octanol–water partition coefficient (Wildman–Crippen LogP) is 4.56. The minimum Gasteiger partial charge on any atom is -0.497 e. The molecule has 4 heteroatoms. The molecule has 1 aromatic rings. The minimum atomic E-state index is -0.0774. The van der Waals surface area contributed by atoms with Gasteiger partial charge in [0, 0.05) is 43.3 Å². The van der Waals surface area contributed by atoms with Crippen LogP contribution in [0.15, 0.2) is 35.9 Å². The first-order valence-electron chi connectivity index (χ1n) is 9.44. The molecule has 0 saturated carbocycles. The van der Waals surface area contributed by atoms with Crippen LogP contribution in [-0.4, -0.2) is 49.6 Å². The van der Waals surface area contributed by atoms with Crippen LogP contribution in [0, 0.1) is 5.92 Å². The average Bonchev–Trinajstić information content (AvgIpc) is 2.62. The molecule has 25 heavy (non-hydrogen) atoms. The van der Waals surface area contributed by atoms with E-state index in [1.165, 1.54) is 18.5 Å². The molecule has 1 saturated heterocycles. The molecule has 1 aromatic carbocycles. The molecule has 0 aromatic heterocycles. The molecule has 1 unspecified atom stereocenters. The number of alkyl halides is 1. The van der Waals surface area contributed by atoms with Gasteiger partial charge in [0.25, 0.3) is 0 Å². The first kappa shape index (κ1) is 18.6. The Bertz CT molecular complexity index is 583. The van der Waals surface area contributed by atoms with Crippen LogP contribution in [0.1, 0.15) is 33.1 Å². The van der Waals surface area contributed by atoms with Crippen LogP contribution in [0.3, 0.4) is 0 Å². The smallest absolute Gasteiger partial charge is 0.119 e. The van der Waals surface area contributed by atoms with Crippen molar-refractivity contribution >= 4 is 17.3 Å². The van der Waals surface area contributed by atoms with Crippen molar-refractivity contribution in [2.24, 2.45) is 5.92 Å². The highest BCUT2D eigenvalue weighted by atomic mass is 35.5. The molecule has 3 nitrogen and oxygen atoms in total. The second-order valence-corrected chi connectivity index (χ2v) is 8.83. The lowest BCUT2D eigenvalue weighted by Gasteiger charge is -2.37. The van der Waals surface area contributed by atoms with E-state index in [2.05, 4.69) is 41.9 Å². The SMILES string of the molecule is COc1ccc(N2CCN(CC3=CCC(C(C)(C)Cl)CC3)CC2)cc1. The lowest BCUT2D eigenvalue weighted by Crippen LogP contribution is -2.47. The Hall–Kier alpha value is -1.19. The molecule has 1 aliphatic heterocycles. The average molecular weight is 363 g/mol. The molecule has 1 aliphatic carbocycles. The van der Waals surface area contributed by atoms with Gasteiger partial charge in [0.15, 0.2) is 0 Å². The van der Waals surface area contributed by atoms with Gasteiger partial charge >= 0.3 is 0 Å². The number of hydrogen-bond donors (Lipinski definition) is 0. The van der Waals surface area contributed by atoms with Gasteiger partial charge in [-0.15, -0.1) is 11.6 Å². The summed E-state index contributed by atoms with van der Waals surface area (Å²) in [5.41, 5.74) is 2.90. The summed E-state index contributed by atoms with van der Waals surface area (Å²) in [5.74, 6) is 1.54. The van der Waals surface area contributed by atoms with Gasteiger partial charge in [0.1, 0.15) is 5.75 Å². The van der Waals surface area contributed by atoms with Crippen LogP contribution in [-0.2, 0) is 0 Å². The standard InChI is InChI=1S/C21H31ClN2O/c1-21(2,22)18-6-4-17(5-7-18)16-23-12-14-24(15-13-23)19-8-10-20(25-3)11-9-19/h4,8-11,18H,5-7,12-16H2,1-3H3. The summed E-state index contributed by atoms with van der Waals surface area (Å²) in [5, 5.41) is 0. The van der Waals surface area contributed by atoms with Crippen LogP contribution >= 0.6 is 11.6 Å². The summed E-state index contributed by atoms with van der Waals surface area (Å²) in [4.78, 5) is 4.99. The van der Waals surface area contributed by atoms with Crippen molar-refractivity contribution in [3.63, 3.8) is 0 Å². The first-order chi connectivity index (χ1) is 12.0. The van der Waals surface area contributed by atoms with E-state index >= 15 is 0 Å². The Balaban J connectivity index is 1.47. The van der Waals surface area contributed by atoms with Crippen LogP contribution in [0.5, 0.6) is 5.75 Å². The number of nitrogens with zero attached hydrogens (tertiary/aromatic N) is 2. The van der Waals surface area contributed by atoms with Gasteiger partial charge in [-0.3, -0.25) is 4.90 Å². The molecular weight excluding hydrogens is 332 g/mol. The Morgan fingerprint density at radius 3 is 2.32 bits per heavy atom. The van der Waals surface area contributed by atoms with Gasteiger partial charge in [-0.1, -0.05) is 11.6 Å². The van der Waals surface area contributed by atoms with Gasteiger partial charge < -0.3 is 9.64 Å². The van der Waals surface area contributed by atoms with Crippen molar-refractivity contribution < 1.29 is 4.74 Å². The number of piperazine rings is 1. The lowest BCUT2D eigenvalue weighted by molar-refractivity contribution is 0.269. The molecule has 0 amide bonds. The number of halogens is 1. The Morgan fingerprint density at radius 2 is 1.80 bits per heavy atom. The number of methoxy groups -OCH3 is 1. The zero-order chi connectivity index (χ0) is 17.9. The highest BCUT2D eigenvalue weighted by Gasteiger charge is 2.29. The van der Waals surface area contributed by atoms with E-state index in [0.717, 1.165) is 44.9 Å². The fourth-order valence-corrected chi connectivity index (χ4v) is 4.10. The van der Waals surface area contributed by atoms with E-state index in [1.54, 1.807) is 12.7 Å². The van der Waals surface area contributed by atoms with Gasteiger partial charge in [-0.2, -0.15) is 0 Å². The molecular formula is C21H31ClN2O. The molecule has 0 spiro atoms. The summed E-state index contributed by atoms with van der Waals surface area (Å²) in [6.07, 6.45) is 6.03. The third kappa shape index (κ3) is 4.92. The maximum atomic E-state index is 6.49. The van der Waals surface area contributed by atoms with E-state index in [1.807, 2.05) is 12.1 Å². The second-order valence-electron chi connectivity index (χ2n) is 7.86. The van der Waals surface area contributed by atoms with E-state index in [-0.39, 0.29) is 4.87 Å². The topological polar surface area (TPSA) is 15.7 Å². The van der Waals surface area contributed by atoms with E-state index in [4.69, 9.17) is 16.3 Å². The van der Waals surface area contributed by atoms with Gasteiger partial charge in [-0.25, -0.2) is 0 Å². The second kappa shape index (κ2) is 8.01.